The first-order valence-corrected chi connectivity index (χ1v) is 5.46. The van der Waals surface area contributed by atoms with Crippen LogP contribution >= 0.6 is 0 Å². The molecule has 0 atom stereocenters. The molecular weight excluding hydrogens is 174 g/mol. The van der Waals surface area contributed by atoms with Crippen molar-refractivity contribution in [2.45, 2.75) is 46.1 Å². The van der Waals surface area contributed by atoms with Crippen molar-refractivity contribution in [3.05, 3.63) is 17.0 Å². The van der Waals surface area contributed by atoms with Crippen LogP contribution in [0.15, 0.2) is 0 Å². The van der Waals surface area contributed by atoms with Crippen LogP contribution in [0.2, 0.25) is 0 Å². The number of H-pyrrole nitrogens is 1. The first kappa shape index (κ1) is 11.2. The summed E-state index contributed by atoms with van der Waals surface area (Å²) in [6.07, 6.45) is 4.92. The van der Waals surface area contributed by atoms with Gasteiger partial charge in [-0.3, -0.25) is 5.10 Å². The zero-order valence-electron chi connectivity index (χ0n) is 9.48. The van der Waals surface area contributed by atoms with E-state index < -0.39 is 0 Å². The summed E-state index contributed by atoms with van der Waals surface area (Å²) in [6, 6.07) is 0. The van der Waals surface area contributed by atoms with Crippen LogP contribution < -0.4 is 5.32 Å². The summed E-state index contributed by atoms with van der Waals surface area (Å²) >= 11 is 0. The number of rotatable bonds is 6. The standard InChI is InChI=1S/C11H21N3/c1-4-5-6-7-11-10(8-12-3)9(2)13-14-11/h12H,4-8H2,1-3H3,(H,13,14). The molecule has 80 valence electrons. The molecule has 3 nitrogen and oxygen atoms in total. The zero-order chi connectivity index (χ0) is 10.4. The topological polar surface area (TPSA) is 40.7 Å². The maximum atomic E-state index is 4.34. The molecule has 0 unspecified atom stereocenters. The summed E-state index contributed by atoms with van der Waals surface area (Å²) in [5, 5.41) is 10.6. The predicted molar refractivity (Wildman–Crippen MR) is 59.3 cm³/mol. The Kier molecular flexibility index (Phi) is 4.66. The third-order valence-electron chi connectivity index (χ3n) is 2.53. The number of unbranched alkanes of at least 4 members (excludes halogenated alkanes) is 2. The molecule has 0 amide bonds. The molecular formula is C11H21N3. The Morgan fingerprint density at radius 1 is 1.36 bits per heavy atom. The van der Waals surface area contributed by atoms with Gasteiger partial charge in [0, 0.05) is 17.8 Å². The fourth-order valence-corrected chi connectivity index (χ4v) is 1.66. The van der Waals surface area contributed by atoms with Crippen molar-refractivity contribution >= 4 is 0 Å². The minimum Gasteiger partial charge on any atom is -0.316 e. The van der Waals surface area contributed by atoms with Gasteiger partial charge in [0.25, 0.3) is 0 Å². The SMILES string of the molecule is CCCCCc1n[nH]c(C)c1CNC. The molecule has 0 saturated heterocycles. The second-order valence-electron chi connectivity index (χ2n) is 3.76. The number of nitrogens with zero attached hydrogens (tertiary/aromatic N) is 1. The molecule has 0 spiro atoms. The van der Waals surface area contributed by atoms with E-state index in [1.54, 1.807) is 0 Å². The normalized spacial score (nSPS) is 10.8. The first-order valence-electron chi connectivity index (χ1n) is 5.46. The average molecular weight is 195 g/mol. The van der Waals surface area contributed by atoms with Crippen LogP contribution in [0.5, 0.6) is 0 Å². The summed E-state index contributed by atoms with van der Waals surface area (Å²) in [4.78, 5) is 0. The second kappa shape index (κ2) is 5.81. The summed E-state index contributed by atoms with van der Waals surface area (Å²) in [5.74, 6) is 0. The lowest BCUT2D eigenvalue weighted by atomic mass is 10.1. The van der Waals surface area contributed by atoms with Crippen LogP contribution in [0.3, 0.4) is 0 Å². The molecule has 1 rings (SSSR count). The second-order valence-corrected chi connectivity index (χ2v) is 3.76. The third-order valence-corrected chi connectivity index (χ3v) is 2.53. The number of hydrogen-bond acceptors (Lipinski definition) is 2. The Balaban J connectivity index is 2.56. The summed E-state index contributed by atoms with van der Waals surface area (Å²) < 4.78 is 0. The van der Waals surface area contributed by atoms with E-state index in [1.165, 1.54) is 36.2 Å². The first-order chi connectivity index (χ1) is 6.79. The van der Waals surface area contributed by atoms with E-state index in [-0.39, 0.29) is 0 Å². The van der Waals surface area contributed by atoms with Crippen LogP contribution in [-0.2, 0) is 13.0 Å². The van der Waals surface area contributed by atoms with E-state index in [2.05, 4.69) is 29.4 Å². The van der Waals surface area contributed by atoms with Gasteiger partial charge in [0.1, 0.15) is 0 Å². The molecule has 1 heterocycles. The molecule has 1 aromatic rings. The molecule has 2 N–H and O–H groups in total. The highest BCUT2D eigenvalue weighted by molar-refractivity contribution is 5.24. The van der Waals surface area contributed by atoms with Crippen LogP contribution in [0.25, 0.3) is 0 Å². The quantitative estimate of drug-likeness (QED) is 0.683. The number of nitrogens with one attached hydrogen (secondary N) is 2. The lowest BCUT2D eigenvalue weighted by Crippen LogP contribution is -2.07. The lowest BCUT2D eigenvalue weighted by molar-refractivity contribution is 0.696. The maximum Gasteiger partial charge on any atom is 0.0669 e. The van der Waals surface area contributed by atoms with Crippen LogP contribution in [0, 0.1) is 6.92 Å². The van der Waals surface area contributed by atoms with E-state index in [1.807, 2.05) is 7.05 Å². The van der Waals surface area contributed by atoms with Crippen LogP contribution in [0.1, 0.15) is 43.1 Å². The van der Waals surface area contributed by atoms with Gasteiger partial charge in [-0.25, -0.2) is 0 Å². The van der Waals surface area contributed by atoms with E-state index in [0.717, 1.165) is 13.0 Å². The predicted octanol–water partition coefficient (Wildman–Crippen LogP) is 2.17. The lowest BCUT2D eigenvalue weighted by Gasteiger charge is -2.02. The minimum atomic E-state index is 0.920. The highest BCUT2D eigenvalue weighted by Gasteiger charge is 2.08. The largest absolute Gasteiger partial charge is 0.316 e. The molecule has 0 aliphatic heterocycles. The highest BCUT2D eigenvalue weighted by Crippen LogP contribution is 2.13. The monoisotopic (exact) mass is 195 g/mol. The van der Waals surface area contributed by atoms with Crippen molar-refractivity contribution in [2.75, 3.05) is 7.05 Å². The number of hydrogen-bond donors (Lipinski definition) is 2. The Bertz CT molecular complexity index is 265. The van der Waals surface area contributed by atoms with Crippen molar-refractivity contribution in [1.29, 1.82) is 0 Å². The van der Waals surface area contributed by atoms with Gasteiger partial charge in [0.2, 0.25) is 0 Å². The van der Waals surface area contributed by atoms with E-state index in [0.29, 0.717) is 0 Å². The molecule has 0 aliphatic rings. The fraction of sp³-hybridized carbons (Fsp3) is 0.727. The van der Waals surface area contributed by atoms with E-state index in [9.17, 15) is 0 Å². The van der Waals surface area contributed by atoms with Crippen molar-refractivity contribution in [1.82, 2.24) is 15.5 Å². The molecule has 0 bridgehead atoms. The number of aryl methyl sites for hydroxylation is 2. The molecule has 0 saturated carbocycles. The average Bonchev–Trinajstić information content (AvgIpc) is 2.51. The molecule has 0 aliphatic carbocycles. The zero-order valence-corrected chi connectivity index (χ0v) is 9.48. The van der Waals surface area contributed by atoms with E-state index >= 15 is 0 Å². The molecule has 3 heteroatoms. The molecule has 1 aromatic heterocycles. The van der Waals surface area contributed by atoms with Gasteiger partial charge < -0.3 is 5.32 Å². The summed E-state index contributed by atoms with van der Waals surface area (Å²) in [5.41, 5.74) is 3.79. The Labute approximate surface area is 86.3 Å². The third kappa shape index (κ3) is 2.84. The smallest absolute Gasteiger partial charge is 0.0669 e. The minimum absolute atomic E-state index is 0.920. The van der Waals surface area contributed by atoms with Gasteiger partial charge in [-0.2, -0.15) is 5.10 Å². The van der Waals surface area contributed by atoms with Crippen molar-refractivity contribution in [3.63, 3.8) is 0 Å². The van der Waals surface area contributed by atoms with Gasteiger partial charge in [-0.05, 0) is 26.8 Å². The van der Waals surface area contributed by atoms with Gasteiger partial charge in [0.05, 0.1) is 5.69 Å². The fourth-order valence-electron chi connectivity index (χ4n) is 1.66. The Morgan fingerprint density at radius 2 is 2.14 bits per heavy atom. The van der Waals surface area contributed by atoms with Crippen LogP contribution in [-0.4, -0.2) is 17.2 Å². The van der Waals surface area contributed by atoms with Gasteiger partial charge in [-0.15, -0.1) is 0 Å². The molecule has 14 heavy (non-hydrogen) atoms. The van der Waals surface area contributed by atoms with E-state index in [4.69, 9.17) is 0 Å². The van der Waals surface area contributed by atoms with Gasteiger partial charge >= 0.3 is 0 Å². The van der Waals surface area contributed by atoms with Crippen molar-refractivity contribution in [2.24, 2.45) is 0 Å². The molecule has 0 aromatic carbocycles. The summed E-state index contributed by atoms with van der Waals surface area (Å²) in [7, 11) is 1.97. The Morgan fingerprint density at radius 3 is 2.79 bits per heavy atom. The summed E-state index contributed by atoms with van der Waals surface area (Å²) in [6.45, 7) is 5.23. The Hall–Kier alpha value is -0.830. The molecule has 0 fully saturated rings. The van der Waals surface area contributed by atoms with Crippen LogP contribution in [0.4, 0.5) is 0 Å². The number of aromatic amines is 1. The van der Waals surface area contributed by atoms with Gasteiger partial charge in [0.15, 0.2) is 0 Å². The highest BCUT2D eigenvalue weighted by atomic mass is 15.1. The van der Waals surface area contributed by atoms with Crippen molar-refractivity contribution < 1.29 is 0 Å². The van der Waals surface area contributed by atoms with Gasteiger partial charge in [-0.1, -0.05) is 19.8 Å². The molecule has 0 radical (unpaired) electrons. The van der Waals surface area contributed by atoms with Crippen molar-refractivity contribution in [3.8, 4) is 0 Å². The number of aromatic nitrogens is 2. The maximum absolute atomic E-state index is 4.34.